The zero-order valence-corrected chi connectivity index (χ0v) is 17.8. The number of alkyl halides is 3. The van der Waals surface area contributed by atoms with E-state index in [1.54, 1.807) is 25.1 Å². The highest BCUT2D eigenvalue weighted by Crippen LogP contribution is 2.51. The lowest BCUT2D eigenvalue weighted by Gasteiger charge is -2.16. The molecular weight excluding hydrogens is 436 g/mol. The molecule has 0 aromatic heterocycles. The largest absolute Gasteiger partial charge is 0.454 e. The molecule has 33 heavy (non-hydrogen) atoms. The Hall–Kier alpha value is -3.35. The van der Waals surface area contributed by atoms with E-state index in [1.165, 1.54) is 6.07 Å². The minimum Gasteiger partial charge on any atom is -0.454 e. The van der Waals surface area contributed by atoms with Crippen LogP contribution in [0.4, 0.5) is 17.6 Å². The highest BCUT2D eigenvalue weighted by atomic mass is 19.4. The molecule has 3 nitrogen and oxygen atoms in total. The minimum atomic E-state index is -4.79. The van der Waals surface area contributed by atoms with Crippen LogP contribution < -0.4 is 9.47 Å². The lowest BCUT2D eigenvalue weighted by molar-refractivity contribution is -0.140. The molecule has 2 aliphatic rings. The van der Waals surface area contributed by atoms with Crippen LogP contribution in [0.15, 0.2) is 54.6 Å². The van der Waals surface area contributed by atoms with Gasteiger partial charge in [0.05, 0.1) is 11.0 Å². The molecule has 1 aliphatic carbocycles. The number of carbonyl (C=O) groups is 1. The fraction of sp³-hybridized carbons (Fsp3) is 0.269. The second-order valence-electron chi connectivity index (χ2n) is 8.59. The van der Waals surface area contributed by atoms with Gasteiger partial charge < -0.3 is 9.47 Å². The zero-order chi connectivity index (χ0) is 23.4. The Bertz CT molecular complexity index is 1260. The van der Waals surface area contributed by atoms with E-state index in [-0.39, 0.29) is 24.6 Å². The van der Waals surface area contributed by atoms with Crippen molar-refractivity contribution in [2.75, 3.05) is 6.79 Å². The number of halogens is 4. The standard InChI is InChI=1S/C26H20F4O3/c1-15-2-3-16(10-19(15)17-4-6-21(27)20(12-17)26(28,29)30)11-24(31)25(8-9-25)18-5-7-22-23(13-18)33-14-32-22/h2-7,10,12-13H,8-9,11,14H2,1H3. The Balaban J connectivity index is 1.43. The highest BCUT2D eigenvalue weighted by molar-refractivity contribution is 5.95. The molecule has 7 heteroatoms. The van der Waals surface area contributed by atoms with E-state index in [2.05, 4.69) is 0 Å². The van der Waals surface area contributed by atoms with Crippen molar-refractivity contribution in [3.8, 4) is 22.6 Å². The summed E-state index contributed by atoms with van der Waals surface area (Å²) in [6.45, 7) is 1.93. The van der Waals surface area contributed by atoms with E-state index in [1.807, 2.05) is 18.2 Å². The SMILES string of the molecule is Cc1ccc(CC(=O)C2(c3ccc4c(c3)OCO4)CC2)cc1-c1ccc(F)c(C(F)(F)F)c1. The number of ether oxygens (including phenoxy) is 2. The van der Waals surface area contributed by atoms with Crippen LogP contribution in [0.25, 0.3) is 11.1 Å². The first-order valence-electron chi connectivity index (χ1n) is 10.6. The monoisotopic (exact) mass is 456 g/mol. The minimum absolute atomic E-state index is 0.0475. The van der Waals surface area contributed by atoms with Crippen LogP contribution >= 0.6 is 0 Å². The first-order chi connectivity index (χ1) is 15.7. The van der Waals surface area contributed by atoms with Gasteiger partial charge in [0.1, 0.15) is 11.6 Å². The van der Waals surface area contributed by atoms with E-state index in [9.17, 15) is 22.4 Å². The average molecular weight is 456 g/mol. The van der Waals surface area contributed by atoms with E-state index in [0.29, 0.717) is 22.6 Å². The molecule has 3 aromatic carbocycles. The molecule has 0 saturated heterocycles. The molecule has 1 aliphatic heterocycles. The average Bonchev–Trinajstić information content (AvgIpc) is 3.45. The van der Waals surface area contributed by atoms with Gasteiger partial charge in [0.2, 0.25) is 6.79 Å². The second-order valence-corrected chi connectivity index (χ2v) is 8.59. The molecule has 0 bridgehead atoms. The van der Waals surface area contributed by atoms with Gasteiger partial charge in [-0.3, -0.25) is 4.79 Å². The van der Waals surface area contributed by atoms with Crippen LogP contribution in [-0.2, 0) is 22.8 Å². The Morgan fingerprint density at radius 1 is 0.970 bits per heavy atom. The van der Waals surface area contributed by atoms with Gasteiger partial charge >= 0.3 is 6.18 Å². The van der Waals surface area contributed by atoms with E-state index < -0.39 is 23.0 Å². The maximum absolute atomic E-state index is 13.7. The Kier molecular flexibility index (Phi) is 4.96. The molecule has 0 atom stereocenters. The summed E-state index contributed by atoms with van der Waals surface area (Å²) in [5, 5.41) is 0. The second kappa shape index (κ2) is 7.61. The van der Waals surface area contributed by atoms with Crippen molar-refractivity contribution < 1.29 is 31.8 Å². The third-order valence-electron chi connectivity index (χ3n) is 6.46. The molecule has 5 rings (SSSR count). The molecular formula is C26H20F4O3. The number of ketones is 1. The summed E-state index contributed by atoms with van der Waals surface area (Å²) < 4.78 is 64.0. The van der Waals surface area contributed by atoms with Gasteiger partial charge in [-0.2, -0.15) is 13.2 Å². The van der Waals surface area contributed by atoms with Crippen LogP contribution in [-0.4, -0.2) is 12.6 Å². The Morgan fingerprint density at radius 2 is 1.73 bits per heavy atom. The normalized spacial score (nSPS) is 16.0. The number of hydrogen-bond acceptors (Lipinski definition) is 3. The van der Waals surface area contributed by atoms with Crippen molar-refractivity contribution in [2.24, 2.45) is 0 Å². The summed E-state index contributed by atoms with van der Waals surface area (Å²) in [6.07, 6.45) is -3.17. The predicted octanol–water partition coefficient (Wildman–Crippen LogP) is 6.39. The molecule has 1 heterocycles. The van der Waals surface area contributed by atoms with Crippen LogP contribution in [0.5, 0.6) is 11.5 Å². The van der Waals surface area contributed by atoms with Gasteiger partial charge in [0, 0.05) is 6.42 Å². The number of Topliss-reactive ketones (excluding diaryl/α,β-unsaturated/α-hetero) is 1. The summed E-state index contributed by atoms with van der Waals surface area (Å²) in [6, 6.07) is 13.8. The smallest absolute Gasteiger partial charge is 0.419 e. The van der Waals surface area contributed by atoms with Crippen molar-refractivity contribution in [1.29, 1.82) is 0 Å². The summed E-state index contributed by atoms with van der Waals surface area (Å²) in [7, 11) is 0. The third kappa shape index (κ3) is 3.86. The Morgan fingerprint density at radius 3 is 2.45 bits per heavy atom. The molecule has 0 unspecified atom stereocenters. The first-order valence-corrected chi connectivity index (χ1v) is 10.6. The van der Waals surface area contributed by atoms with Crippen molar-refractivity contribution >= 4 is 5.78 Å². The summed E-state index contributed by atoms with van der Waals surface area (Å²) in [5.41, 5.74) is 1.24. The maximum atomic E-state index is 13.7. The summed E-state index contributed by atoms with van der Waals surface area (Å²) in [4.78, 5) is 13.3. The fourth-order valence-electron chi connectivity index (χ4n) is 4.40. The number of carbonyl (C=O) groups excluding carboxylic acids is 1. The molecule has 0 N–H and O–H groups in total. The van der Waals surface area contributed by atoms with Crippen molar-refractivity contribution in [3.63, 3.8) is 0 Å². The van der Waals surface area contributed by atoms with Crippen LogP contribution in [0.2, 0.25) is 0 Å². The molecule has 0 amide bonds. The van der Waals surface area contributed by atoms with Crippen LogP contribution in [0, 0.1) is 12.7 Å². The topological polar surface area (TPSA) is 35.5 Å². The molecule has 1 fully saturated rings. The van der Waals surface area contributed by atoms with Gasteiger partial charge in [-0.25, -0.2) is 4.39 Å². The number of hydrogen-bond donors (Lipinski definition) is 0. The Labute approximate surface area is 188 Å². The molecule has 170 valence electrons. The third-order valence-corrected chi connectivity index (χ3v) is 6.46. The molecule has 1 saturated carbocycles. The van der Waals surface area contributed by atoms with Gasteiger partial charge in [-0.15, -0.1) is 0 Å². The highest BCUT2D eigenvalue weighted by Gasteiger charge is 2.50. The van der Waals surface area contributed by atoms with Gasteiger partial charge in [0.15, 0.2) is 11.5 Å². The van der Waals surface area contributed by atoms with E-state index in [0.717, 1.165) is 36.1 Å². The van der Waals surface area contributed by atoms with Crippen LogP contribution in [0.1, 0.15) is 35.1 Å². The lowest BCUT2D eigenvalue weighted by atomic mass is 9.86. The predicted molar refractivity (Wildman–Crippen MR) is 114 cm³/mol. The number of rotatable bonds is 5. The van der Waals surface area contributed by atoms with Crippen molar-refractivity contribution in [1.82, 2.24) is 0 Å². The lowest BCUT2D eigenvalue weighted by Crippen LogP contribution is -2.22. The molecule has 3 aromatic rings. The van der Waals surface area contributed by atoms with Gasteiger partial charge in [0.25, 0.3) is 0 Å². The fourth-order valence-corrected chi connectivity index (χ4v) is 4.40. The summed E-state index contributed by atoms with van der Waals surface area (Å²) in [5.74, 6) is 0.0181. The van der Waals surface area contributed by atoms with Crippen molar-refractivity contribution in [3.05, 3.63) is 82.7 Å². The number of benzene rings is 3. The van der Waals surface area contributed by atoms with Crippen LogP contribution in [0.3, 0.4) is 0 Å². The maximum Gasteiger partial charge on any atom is 0.419 e. The van der Waals surface area contributed by atoms with E-state index in [4.69, 9.17) is 9.47 Å². The molecule has 0 spiro atoms. The number of aryl methyl sites for hydroxylation is 1. The van der Waals surface area contributed by atoms with Gasteiger partial charge in [-0.05, 0) is 71.8 Å². The van der Waals surface area contributed by atoms with Gasteiger partial charge in [-0.1, -0.05) is 30.3 Å². The summed E-state index contributed by atoms with van der Waals surface area (Å²) >= 11 is 0. The van der Waals surface area contributed by atoms with Crippen molar-refractivity contribution in [2.45, 2.75) is 37.8 Å². The zero-order valence-electron chi connectivity index (χ0n) is 17.8. The molecule has 0 radical (unpaired) electrons. The number of fused-ring (bicyclic) bond motifs is 1. The van der Waals surface area contributed by atoms with E-state index >= 15 is 0 Å². The quantitative estimate of drug-likeness (QED) is 0.417. The first kappa shape index (κ1) is 21.5.